The van der Waals surface area contributed by atoms with Crippen LogP contribution < -0.4 is 0 Å². The van der Waals surface area contributed by atoms with Gasteiger partial charge >= 0.3 is 5.97 Å². The summed E-state index contributed by atoms with van der Waals surface area (Å²) in [6, 6.07) is 16.7. The van der Waals surface area contributed by atoms with Gasteiger partial charge in [-0.2, -0.15) is 0 Å². The van der Waals surface area contributed by atoms with Gasteiger partial charge in [0.15, 0.2) is 6.10 Å². The number of halogens is 1. The van der Waals surface area contributed by atoms with E-state index < -0.39 is 18.2 Å². The fourth-order valence-corrected chi connectivity index (χ4v) is 2.25. The van der Waals surface area contributed by atoms with Crippen LogP contribution in [-0.4, -0.2) is 17.2 Å². The van der Waals surface area contributed by atoms with Crippen molar-refractivity contribution in [2.24, 2.45) is 0 Å². The van der Waals surface area contributed by atoms with E-state index in [4.69, 9.17) is 16.3 Å². The average Bonchev–Trinajstić information content (AvgIpc) is 2.53. The maximum absolute atomic E-state index is 11.3. The Hall–Kier alpha value is -2.10. The number of benzene rings is 2. The minimum atomic E-state index is -1.02. The van der Waals surface area contributed by atoms with Crippen molar-refractivity contribution in [2.75, 3.05) is 0 Å². The van der Waals surface area contributed by atoms with Crippen LogP contribution in [0.25, 0.3) is 0 Å². The molecule has 0 amide bonds. The second-order valence-corrected chi connectivity index (χ2v) is 5.20. The lowest BCUT2D eigenvalue weighted by Crippen LogP contribution is -2.24. The molecule has 0 aliphatic carbocycles. The molecule has 2 aromatic carbocycles. The van der Waals surface area contributed by atoms with Gasteiger partial charge in [-0.3, -0.25) is 0 Å². The number of hydrogen-bond donors (Lipinski definition) is 1. The zero-order valence-electron chi connectivity index (χ0n) is 12.1. The smallest absolute Gasteiger partial charge is 0.336 e. The van der Waals surface area contributed by atoms with Crippen LogP contribution in [0.1, 0.15) is 24.2 Å². The highest BCUT2D eigenvalue weighted by atomic mass is 35.5. The number of rotatable bonds is 6. The normalized spacial score (nSPS) is 13.9. The Morgan fingerprint density at radius 1 is 1.09 bits per heavy atom. The van der Waals surface area contributed by atoms with Crippen LogP contribution in [-0.2, 0) is 9.53 Å². The molecule has 22 heavy (non-hydrogen) atoms. The molecule has 114 valence electrons. The molecular formula is C18H17ClO3. The number of ether oxygens (including phenoxy) is 1. The fourth-order valence-electron chi connectivity index (χ4n) is 2.12. The van der Waals surface area contributed by atoms with E-state index in [1.165, 1.54) is 6.08 Å². The maximum Gasteiger partial charge on any atom is 0.336 e. The van der Waals surface area contributed by atoms with Gasteiger partial charge in [-0.1, -0.05) is 60.1 Å². The molecule has 0 aromatic heterocycles. The van der Waals surface area contributed by atoms with Gasteiger partial charge in [0.2, 0.25) is 0 Å². The summed E-state index contributed by atoms with van der Waals surface area (Å²) in [6.07, 6.45) is 1.71. The SMILES string of the molecule is CC=CC(OC(c1ccccc1)c1ccc(Cl)cc1)C(=O)O. The molecule has 0 bridgehead atoms. The maximum atomic E-state index is 11.3. The van der Waals surface area contributed by atoms with Gasteiger partial charge in [-0.15, -0.1) is 0 Å². The standard InChI is InChI=1S/C18H17ClO3/c1-2-6-16(18(20)21)22-17(13-7-4-3-5-8-13)14-9-11-15(19)12-10-14/h2-12,16-17H,1H3,(H,20,21). The fraction of sp³-hybridized carbons (Fsp3) is 0.167. The van der Waals surface area contributed by atoms with Gasteiger partial charge in [0.25, 0.3) is 0 Å². The summed E-state index contributed by atoms with van der Waals surface area (Å²) in [5.41, 5.74) is 1.74. The van der Waals surface area contributed by atoms with Crippen LogP contribution in [0, 0.1) is 0 Å². The van der Waals surface area contributed by atoms with Crippen LogP contribution in [0.3, 0.4) is 0 Å². The average molecular weight is 317 g/mol. The van der Waals surface area contributed by atoms with Gasteiger partial charge in [0.1, 0.15) is 6.10 Å². The molecule has 3 nitrogen and oxygen atoms in total. The van der Waals surface area contributed by atoms with Crippen molar-refractivity contribution in [1.82, 2.24) is 0 Å². The quantitative estimate of drug-likeness (QED) is 0.799. The Balaban J connectivity index is 2.37. The molecule has 2 aromatic rings. The zero-order chi connectivity index (χ0) is 15.9. The second kappa shape index (κ2) is 7.78. The third-order valence-corrected chi connectivity index (χ3v) is 3.42. The second-order valence-electron chi connectivity index (χ2n) is 4.76. The van der Waals surface area contributed by atoms with Crippen molar-refractivity contribution in [2.45, 2.75) is 19.1 Å². The third kappa shape index (κ3) is 4.20. The first kappa shape index (κ1) is 16.3. The third-order valence-electron chi connectivity index (χ3n) is 3.17. The van der Waals surface area contributed by atoms with Crippen molar-refractivity contribution < 1.29 is 14.6 Å². The first-order valence-corrected chi connectivity index (χ1v) is 7.31. The molecule has 0 saturated heterocycles. The Morgan fingerprint density at radius 3 is 2.23 bits per heavy atom. The number of carboxylic acids is 1. The van der Waals surface area contributed by atoms with Crippen LogP contribution >= 0.6 is 11.6 Å². The Bertz CT molecular complexity index is 635. The Morgan fingerprint density at radius 2 is 1.68 bits per heavy atom. The van der Waals surface area contributed by atoms with E-state index in [2.05, 4.69) is 0 Å². The van der Waals surface area contributed by atoms with Gasteiger partial charge in [-0.05, 0) is 36.3 Å². The molecule has 0 fully saturated rings. The highest BCUT2D eigenvalue weighted by Gasteiger charge is 2.23. The number of carboxylic acid groups (broad SMARTS) is 1. The molecule has 0 aliphatic heterocycles. The van der Waals surface area contributed by atoms with Gasteiger partial charge in [0, 0.05) is 5.02 Å². The molecule has 0 spiro atoms. The molecule has 2 rings (SSSR count). The molecular weight excluding hydrogens is 300 g/mol. The van der Waals surface area contributed by atoms with Crippen molar-refractivity contribution in [3.05, 3.63) is 82.9 Å². The summed E-state index contributed by atoms with van der Waals surface area (Å²) >= 11 is 5.92. The Kier molecular flexibility index (Phi) is 5.75. The summed E-state index contributed by atoms with van der Waals surface area (Å²) in [7, 11) is 0. The van der Waals surface area contributed by atoms with Crippen molar-refractivity contribution in [3.63, 3.8) is 0 Å². The van der Waals surface area contributed by atoms with Crippen molar-refractivity contribution in [1.29, 1.82) is 0 Å². The van der Waals surface area contributed by atoms with Crippen LogP contribution in [0.2, 0.25) is 5.02 Å². The van der Waals surface area contributed by atoms with Gasteiger partial charge in [-0.25, -0.2) is 4.79 Å². The number of carbonyl (C=O) groups is 1. The highest BCUT2D eigenvalue weighted by Crippen LogP contribution is 2.28. The van der Waals surface area contributed by atoms with E-state index in [1.54, 1.807) is 25.1 Å². The molecule has 2 atom stereocenters. The highest BCUT2D eigenvalue weighted by molar-refractivity contribution is 6.30. The topological polar surface area (TPSA) is 46.5 Å². The summed E-state index contributed by atoms with van der Waals surface area (Å²) in [5.74, 6) is -1.02. The van der Waals surface area contributed by atoms with Crippen molar-refractivity contribution in [3.8, 4) is 0 Å². The molecule has 0 aliphatic rings. The van der Waals surface area contributed by atoms with E-state index in [1.807, 2.05) is 42.5 Å². The van der Waals surface area contributed by atoms with E-state index in [9.17, 15) is 9.90 Å². The first-order valence-electron chi connectivity index (χ1n) is 6.93. The van der Waals surface area contributed by atoms with E-state index in [0.29, 0.717) is 5.02 Å². The predicted molar refractivity (Wildman–Crippen MR) is 87.1 cm³/mol. The lowest BCUT2D eigenvalue weighted by Gasteiger charge is -2.22. The number of hydrogen-bond acceptors (Lipinski definition) is 2. The summed E-state index contributed by atoms with van der Waals surface area (Å²) in [6.45, 7) is 1.76. The van der Waals surface area contributed by atoms with Crippen LogP contribution in [0.5, 0.6) is 0 Å². The predicted octanol–water partition coefficient (Wildman–Crippen LogP) is 4.48. The summed E-state index contributed by atoms with van der Waals surface area (Å²) in [4.78, 5) is 11.3. The molecule has 0 radical (unpaired) electrons. The van der Waals surface area contributed by atoms with Crippen LogP contribution in [0.4, 0.5) is 0 Å². The summed E-state index contributed by atoms with van der Waals surface area (Å²) < 4.78 is 5.83. The molecule has 4 heteroatoms. The van der Waals surface area contributed by atoms with Gasteiger partial charge in [0.05, 0.1) is 0 Å². The minimum absolute atomic E-state index is 0.476. The lowest BCUT2D eigenvalue weighted by molar-refractivity contribution is -0.149. The van der Waals surface area contributed by atoms with Crippen molar-refractivity contribution >= 4 is 17.6 Å². The first-order chi connectivity index (χ1) is 10.6. The Labute approximate surface area is 134 Å². The lowest BCUT2D eigenvalue weighted by atomic mass is 10.0. The van der Waals surface area contributed by atoms with E-state index in [-0.39, 0.29) is 0 Å². The molecule has 0 heterocycles. The monoisotopic (exact) mass is 316 g/mol. The molecule has 1 N–H and O–H groups in total. The summed E-state index contributed by atoms with van der Waals surface area (Å²) in [5, 5.41) is 9.92. The van der Waals surface area contributed by atoms with Gasteiger partial charge < -0.3 is 9.84 Å². The number of allylic oxidation sites excluding steroid dienone is 1. The minimum Gasteiger partial charge on any atom is -0.479 e. The van der Waals surface area contributed by atoms with E-state index >= 15 is 0 Å². The largest absolute Gasteiger partial charge is 0.479 e. The van der Waals surface area contributed by atoms with E-state index in [0.717, 1.165) is 11.1 Å². The molecule has 0 saturated carbocycles. The zero-order valence-corrected chi connectivity index (χ0v) is 12.9. The number of aliphatic carboxylic acids is 1. The molecule has 2 unspecified atom stereocenters. The van der Waals surface area contributed by atoms with Crippen LogP contribution in [0.15, 0.2) is 66.7 Å².